The van der Waals surface area contributed by atoms with E-state index in [2.05, 4.69) is 6.58 Å². The van der Waals surface area contributed by atoms with Crippen LogP contribution >= 0.6 is 20.2 Å². The van der Waals surface area contributed by atoms with Gasteiger partial charge in [-0.25, -0.2) is 0 Å². The van der Waals surface area contributed by atoms with Crippen molar-refractivity contribution >= 4 is 20.2 Å². The molecule has 3 N–H and O–H groups in total. The minimum Gasteiger partial charge on any atom is -0.328 e. The molecule has 0 aromatic rings. The zero-order chi connectivity index (χ0) is 6.28. The van der Waals surface area contributed by atoms with Gasteiger partial charge in [0.1, 0.15) is 0 Å². The van der Waals surface area contributed by atoms with Gasteiger partial charge in [-0.3, -0.25) is 0 Å². The van der Waals surface area contributed by atoms with Gasteiger partial charge in [0.25, 0.3) is 0 Å². The molecule has 0 spiro atoms. The molecule has 0 heterocycles. The monoisotopic (exact) mass is 144 g/mol. The summed E-state index contributed by atoms with van der Waals surface area (Å²) in [6.07, 6.45) is 0. The molecule has 0 unspecified atom stereocenters. The van der Waals surface area contributed by atoms with E-state index in [1.165, 1.54) is 5.54 Å². The van der Waals surface area contributed by atoms with Crippen LogP contribution in [0.1, 0.15) is 0 Å². The second-order valence-corrected chi connectivity index (χ2v) is 1.27. The van der Waals surface area contributed by atoms with Crippen molar-refractivity contribution in [2.24, 2.45) is 0 Å². The molecule has 0 saturated heterocycles. The molecule has 0 aliphatic carbocycles. The van der Waals surface area contributed by atoms with E-state index in [-0.39, 0.29) is 0 Å². The van der Waals surface area contributed by atoms with E-state index >= 15 is 0 Å². The van der Waals surface area contributed by atoms with Gasteiger partial charge in [-0.2, -0.15) is 0 Å². The maximum absolute atomic E-state index is 7.23. The highest BCUT2D eigenvalue weighted by atomic mass is 35.5. The van der Waals surface area contributed by atoms with E-state index in [9.17, 15) is 0 Å². The number of halogens is 1. The maximum Gasteiger partial charge on any atom is 0.324 e. The Labute approximate surface area is 47.9 Å². The van der Waals surface area contributed by atoms with Crippen LogP contribution < -0.4 is 0 Å². The SMILES string of the molecule is C=CCl.OP(O)O. The summed E-state index contributed by atoms with van der Waals surface area (Å²) in [6, 6.07) is 0. The van der Waals surface area contributed by atoms with Crippen LogP contribution in [-0.4, -0.2) is 14.7 Å². The van der Waals surface area contributed by atoms with Gasteiger partial charge in [-0.15, -0.1) is 0 Å². The quantitative estimate of drug-likeness (QED) is 0.436. The fourth-order valence-electron chi connectivity index (χ4n) is 0. The molecule has 0 aromatic carbocycles. The first kappa shape index (κ1) is 10.3. The molecule has 0 amide bonds. The first-order valence-corrected chi connectivity index (χ1v) is 2.86. The third kappa shape index (κ3) is 1030. The normalized spacial score (nSPS) is 7.00. The highest BCUT2D eigenvalue weighted by Gasteiger charge is 1.76. The molecule has 7 heavy (non-hydrogen) atoms. The summed E-state index contributed by atoms with van der Waals surface area (Å²) in [4.78, 5) is 21.7. The second-order valence-electron chi connectivity index (χ2n) is 0.423. The van der Waals surface area contributed by atoms with Crippen molar-refractivity contribution in [1.29, 1.82) is 0 Å². The largest absolute Gasteiger partial charge is 0.328 e. The Morgan fingerprint density at radius 2 is 1.43 bits per heavy atom. The molecule has 0 aliphatic rings. The molecule has 0 aromatic heterocycles. The minimum absolute atomic E-state index is 1.22. The van der Waals surface area contributed by atoms with Crippen LogP contribution in [0.15, 0.2) is 12.1 Å². The molecular formula is C2H6ClO3P. The third-order valence-corrected chi connectivity index (χ3v) is 0. The van der Waals surface area contributed by atoms with Crippen LogP contribution in [-0.2, 0) is 0 Å². The minimum atomic E-state index is -2.62. The predicted molar refractivity (Wildman–Crippen MR) is 29.6 cm³/mol. The first-order valence-electron chi connectivity index (χ1n) is 1.23. The number of hydrogen-bond donors (Lipinski definition) is 3. The molecule has 0 aliphatic heterocycles. The van der Waals surface area contributed by atoms with Gasteiger partial charge in [0.2, 0.25) is 0 Å². The lowest BCUT2D eigenvalue weighted by molar-refractivity contribution is 0.368. The Morgan fingerprint density at radius 1 is 1.43 bits per heavy atom. The van der Waals surface area contributed by atoms with E-state index in [0.29, 0.717) is 0 Å². The summed E-state index contributed by atoms with van der Waals surface area (Å²) in [5.74, 6) is 0. The van der Waals surface area contributed by atoms with Crippen molar-refractivity contribution in [3.05, 3.63) is 12.1 Å². The molecule has 0 atom stereocenters. The Morgan fingerprint density at radius 3 is 1.43 bits per heavy atom. The fourth-order valence-corrected chi connectivity index (χ4v) is 0. The van der Waals surface area contributed by atoms with E-state index in [1.54, 1.807) is 0 Å². The van der Waals surface area contributed by atoms with Crippen LogP contribution in [0.5, 0.6) is 0 Å². The van der Waals surface area contributed by atoms with Crippen molar-refractivity contribution < 1.29 is 14.7 Å². The average molecular weight is 144 g/mol. The smallest absolute Gasteiger partial charge is 0.324 e. The van der Waals surface area contributed by atoms with Crippen LogP contribution in [0.2, 0.25) is 0 Å². The highest BCUT2D eigenvalue weighted by molar-refractivity contribution is 7.38. The van der Waals surface area contributed by atoms with Crippen LogP contribution in [0.3, 0.4) is 0 Å². The number of rotatable bonds is 0. The second kappa shape index (κ2) is 9.60. The highest BCUT2D eigenvalue weighted by Crippen LogP contribution is 2.11. The standard InChI is InChI=1S/C2H3Cl.H3O3P/c1-2-3;1-4(2)3/h2H,1H2;1-3H. The van der Waals surface area contributed by atoms with Gasteiger partial charge in [-0.1, -0.05) is 18.2 Å². The van der Waals surface area contributed by atoms with Gasteiger partial charge in [0.05, 0.1) is 0 Å². The Bertz CT molecular complexity index is 37.2. The van der Waals surface area contributed by atoms with Crippen molar-refractivity contribution in [3.8, 4) is 0 Å². The lowest BCUT2D eigenvalue weighted by Crippen LogP contribution is -1.54. The molecule has 5 heteroatoms. The van der Waals surface area contributed by atoms with Crippen molar-refractivity contribution in [1.82, 2.24) is 0 Å². The Balaban J connectivity index is 0. The van der Waals surface area contributed by atoms with Gasteiger partial charge in [0, 0.05) is 0 Å². The molecule has 0 radical (unpaired) electrons. The van der Waals surface area contributed by atoms with Crippen LogP contribution in [0, 0.1) is 0 Å². The molecule has 3 nitrogen and oxygen atoms in total. The van der Waals surface area contributed by atoms with E-state index in [1.807, 2.05) is 0 Å². The van der Waals surface area contributed by atoms with Gasteiger partial charge < -0.3 is 14.7 Å². The van der Waals surface area contributed by atoms with E-state index in [0.717, 1.165) is 0 Å². The third-order valence-electron chi connectivity index (χ3n) is 0. The average Bonchev–Trinajstić information content (AvgIpc) is 1.33. The molecule has 0 fully saturated rings. The summed E-state index contributed by atoms with van der Waals surface area (Å²) < 4.78 is 0. The first-order chi connectivity index (χ1) is 3.15. The Hall–Kier alpha value is 0.340. The summed E-state index contributed by atoms with van der Waals surface area (Å²) in [5.41, 5.74) is 1.22. The maximum atomic E-state index is 7.23. The lowest BCUT2D eigenvalue weighted by atomic mass is 11.3. The number of hydrogen-bond acceptors (Lipinski definition) is 3. The lowest BCUT2D eigenvalue weighted by Gasteiger charge is -1.76. The zero-order valence-corrected chi connectivity index (χ0v) is 5.10. The fraction of sp³-hybridized carbons (Fsp3) is 0. The van der Waals surface area contributed by atoms with Gasteiger partial charge >= 0.3 is 8.60 Å². The molecule has 0 saturated carbocycles. The van der Waals surface area contributed by atoms with Crippen molar-refractivity contribution in [3.63, 3.8) is 0 Å². The molecule has 0 rings (SSSR count). The van der Waals surface area contributed by atoms with Gasteiger partial charge in [0.15, 0.2) is 0 Å². The Kier molecular flexibility index (Phi) is 14.2. The van der Waals surface area contributed by atoms with Crippen LogP contribution in [0.25, 0.3) is 0 Å². The van der Waals surface area contributed by atoms with Crippen molar-refractivity contribution in [2.45, 2.75) is 0 Å². The topological polar surface area (TPSA) is 60.7 Å². The van der Waals surface area contributed by atoms with Crippen LogP contribution in [0.4, 0.5) is 0 Å². The molecular weight excluding hydrogens is 138 g/mol. The summed E-state index contributed by atoms with van der Waals surface area (Å²) >= 11 is 4.76. The zero-order valence-electron chi connectivity index (χ0n) is 3.45. The van der Waals surface area contributed by atoms with Crippen molar-refractivity contribution in [2.75, 3.05) is 0 Å². The van der Waals surface area contributed by atoms with E-state index < -0.39 is 8.60 Å². The summed E-state index contributed by atoms with van der Waals surface area (Å²) in [7, 11) is -2.62. The summed E-state index contributed by atoms with van der Waals surface area (Å²) in [5, 5.41) is 0. The predicted octanol–water partition coefficient (Wildman–Crippen LogP) is 0.559. The molecule has 44 valence electrons. The summed E-state index contributed by atoms with van der Waals surface area (Å²) in [6.45, 7) is 3.13. The molecule has 0 bridgehead atoms. The van der Waals surface area contributed by atoms with E-state index in [4.69, 9.17) is 26.3 Å². The van der Waals surface area contributed by atoms with Gasteiger partial charge in [-0.05, 0) is 5.54 Å².